The molecule has 0 aliphatic carbocycles. The monoisotopic (exact) mass is 430 g/mol. The van der Waals surface area contributed by atoms with Crippen molar-refractivity contribution in [3.63, 3.8) is 0 Å². The summed E-state index contributed by atoms with van der Waals surface area (Å²) in [5, 5.41) is 5.84. The van der Waals surface area contributed by atoms with Crippen molar-refractivity contribution in [2.45, 2.75) is 0 Å². The first kappa shape index (κ1) is 21.2. The van der Waals surface area contributed by atoms with Crippen LogP contribution in [0.25, 0.3) is 0 Å². The molecule has 0 bridgehead atoms. The van der Waals surface area contributed by atoms with Crippen molar-refractivity contribution < 1.29 is 14.3 Å². The highest BCUT2D eigenvalue weighted by Gasteiger charge is 2.21. The van der Waals surface area contributed by atoms with E-state index < -0.39 is 0 Å². The molecule has 0 spiro atoms. The topological polar surface area (TPSA) is 73.9 Å². The van der Waals surface area contributed by atoms with Gasteiger partial charge in [0.15, 0.2) is 0 Å². The zero-order valence-corrected chi connectivity index (χ0v) is 18.0. The first-order chi connectivity index (χ1) is 15.6. The minimum Gasteiger partial charge on any atom is -0.496 e. The summed E-state index contributed by atoms with van der Waals surface area (Å²) in [5.41, 5.74) is 3.06. The van der Waals surface area contributed by atoms with Crippen LogP contribution in [0.5, 0.6) is 5.75 Å². The fourth-order valence-corrected chi connectivity index (χ4v) is 3.68. The van der Waals surface area contributed by atoms with Crippen LogP contribution in [0.15, 0.2) is 78.9 Å². The Morgan fingerprint density at radius 2 is 1.38 bits per heavy atom. The molecule has 1 fully saturated rings. The lowest BCUT2D eigenvalue weighted by Crippen LogP contribution is -2.50. The van der Waals surface area contributed by atoms with Crippen LogP contribution >= 0.6 is 0 Å². The summed E-state index contributed by atoms with van der Waals surface area (Å²) in [4.78, 5) is 29.1. The van der Waals surface area contributed by atoms with Crippen LogP contribution in [-0.4, -0.2) is 50.1 Å². The van der Waals surface area contributed by atoms with E-state index in [0.29, 0.717) is 30.1 Å². The first-order valence-electron chi connectivity index (χ1n) is 10.5. The Hall–Kier alpha value is -4.00. The van der Waals surface area contributed by atoms with Gasteiger partial charge in [-0.15, -0.1) is 0 Å². The van der Waals surface area contributed by atoms with E-state index in [1.807, 2.05) is 65.6 Å². The summed E-state index contributed by atoms with van der Waals surface area (Å²) in [6, 6.07) is 24.3. The van der Waals surface area contributed by atoms with E-state index in [0.717, 1.165) is 24.5 Å². The summed E-state index contributed by atoms with van der Waals surface area (Å²) in [7, 11) is 1.55. The largest absolute Gasteiger partial charge is 0.496 e. The van der Waals surface area contributed by atoms with Crippen LogP contribution in [-0.2, 0) is 0 Å². The molecule has 1 aliphatic rings. The molecular weight excluding hydrogens is 404 g/mol. The fraction of sp³-hybridized carbons (Fsp3) is 0.200. The molecule has 3 amide bonds. The van der Waals surface area contributed by atoms with Crippen LogP contribution in [0.4, 0.5) is 21.9 Å². The van der Waals surface area contributed by atoms with Gasteiger partial charge >= 0.3 is 6.03 Å². The Kier molecular flexibility index (Phi) is 6.55. The van der Waals surface area contributed by atoms with Gasteiger partial charge in [-0.2, -0.15) is 0 Å². The third kappa shape index (κ3) is 5.00. The minimum atomic E-state index is -0.215. The number of ether oxygens (including phenoxy) is 1. The predicted molar refractivity (Wildman–Crippen MR) is 127 cm³/mol. The highest BCUT2D eigenvalue weighted by atomic mass is 16.5. The number of methoxy groups -OCH3 is 1. The molecule has 3 aromatic carbocycles. The van der Waals surface area contributed by atoms with Crippen molar-refractivity contribution in [1.29, 1.82) is 0 Å². The number of hydrogen-bond acceptors (Lipinski definition) is 4. The molecule has 7 heteroatoms. The third-order valence-corrected chi connectivity index (χ3v) is 5.43. The number of nitrogens with one attached hydrogen (secondary N) is 2. The van der Waals surface area contributed by atoms with Crippen molar-refractivity contribution in [1.82, 2.24) is 4.90 Å². The van der Waals surface area contributed by atoms with E-state index in [2.05, 4.69) is 15.5 Å². The summed E-state index contributed by atoms with van der Waals surface area (Å²) < 4.78 is 5.26. The molecule has 7 nitrogen and oxygen atoms in total. The summed E-state index contributed by atoms with van der Waals surface area (Å²) in [6.45, 7) is 2.78. The Labute approximate surface area is 187 Å². The fourth-order valence-electron chi connectivity index (χ4n) is 3.68. The molecule has 0 radical (unpaired) electrons. The number of rotatable bonds is 5. The summed E-state index contributed by atoms with van der Waals surface area (Å²) >= 11 is 0. The van der Waals surface area contributed by atoms with Gasteiger partial charge in [-0.1, -0.05) is 30.3 Å². The zero-order chi connectivity index (χ0) is 22.3. The Bertz CT molecular complexity index is 1060. The van der Waals surface area contributed by atoms with Crippen molar-refractivity contribution in [2.75, 3.05) is 48.8 Å². The van der Waals surface area contributed by atoms with Gasteiger partial charge in [-0.25, -0.2) is 4.79 Å². The maximum Gasteiger partial charge on any atom is 0.321 e. The number of carbonyl (C=O) groups is 2. The molecule has 1 heterocycles. The lowest BCUT2D eigenvalue weighted by Gasteiger charge is -2.36. The third-order valence-electron chi connectivity index (χ3n) is 5.43. The molecule has 0 atom stereocenters. The molecule has 4 rings (SSSR count). The van der Waals surface area contributed by atoms with Crippen LogP contribution in [0.1, 0.15) is 10.4 Å². The van der Waals surface area contributed by atoms with Crippen molar-refractivity contribution in [3.05, 3.63) is 84.4 Å². The maximum atomic E-state index is 12.6. The second-order valence-corrected chi connectivity index (χ2v) is 7.47. The standard InChI is InChI=1S/C25H26N4O3/c1-32-23-10-6-5-9-22(23)24(30)26-20-11-13-21(14-12-20)28-15-17-29(18-16-28)25(31)27-19-7-3-2-4-8-19/h2-14H,15-18H2,1H3,(H,26,30)(H,27,31). The van der Waals surface area contributed by atoms with E-state index >= 15 is 0 Å². The van der Waals surface area contributed by atoms with Crippen molar-refractivity contribution in [2.24, 2.45) is 0 Å². The van der Waals surface area contributed by atoms with E-state index in [4.69, 9.17) is 4.74 Å². The molecule has 0 saturated carbocycles. The molecular formula is C25H26N4O3. The predicted octanol–water partition coefficient (Wildman–Crippen LogP) is 4.30. The van der Waals surface area contributed by atoms with Crippen molar-refractivity contribution >= 4 is 29.0 Å². The molecule has 3 aromatic rings. The number of amides is 3. The SMILES string of the molecule is COc1ccccc1C(=O)Nc1ccc(N2CCN(C(=O)Nc3ccccc3)CC2)cc1. The van der Waals surface area contributed by atoms with Crippen molar-refractivity contribution in [3.8, 4) is 5.75 Å². The highest BCUT2D eigenvalue weighted by molar-refractivity contribution is 6.06. The van der Waals surface area contributed by atoms with Gasteiger partial charge in [-0.3, -0.25) is 4.79 Å². The number of nitrogens with zero attached hydrogens (tertiary/aromatic N) is 2. The van der Waals surface area contributed by atoms with E-state index in [1.54, 1.807) is 25.3 Å². The second-order valence-electron chi connectivity index (χ2n) is 7.47. The van der Waals surface area contributed by atoms with Gasteiger partial charge in [0, 0.05) is 43.2 Å². The Balaban J connectivity index is 1.31. The normalized spacial score (nSPS) is 13.4. The Morgan fingerprint density at radius 1 is 0.750 bits per heavy atom. The lowest BCUT2D eigenvalue weighted by molar-refractivity contribution is 0.102. The van der Waals surface area contributed by atoms with Crippen LogP contribution in [0.3, 0.4) is 0 Å². The molecule has 0 aromatic heterocycles. The van der Waals surface area contributed by atoms with Gasteiger partial charge in [0.2, 0.25) is 0 Å². The van der Waals surface area contributed by atoms with Gasteiger partial charge in [0.25, 0.3) is 5.91 Å². The van der Waals surface area contributed by atoms with E-state index in [-0.39, 0.29) is 11.9 Å². The second kappa shape index (κ2) is 9.87. The molecule has 32 heavy (non-hydrogen) atoms. The molecule has 1 saturated heterocycles. The number of carbonyl (C=O) groups excluding carboxylic acids is 2. The lowest BCUT2D eigenvalue weighted by atomic mass is 10.1. The van der Waals surface area contributed by atoms with Gasteiger partial charge in [0.1, 0.15) is 5.75 Å². The van der Waals surface area contributed by atoms with Crippen LogP contribution < -0.4 is 20.3 Å². The maximum absolute atomic E-state index is 12.6. The van der Waals surface area contributed by atoms with Gasteiger partial charge in [-0.05, 0) is 48.5 Å². The first-order valence-corrected chi connectivity index (χ1v) is 10.5. The quantitative estimate of drug-likeness (QED) is 0.633. The number of hydrogen-bond donors (Lipinski definition) is 2. The van der Waals surface area contributed by atoms with E-state index in [1.165, 1.54) is 0 Å². The average molecular weight is 431 g/mol. The Morgan fingerprint density at radius 3 is 2.06 bits per heavy atom. The van der Waals surface area contributed by atoms with Crippen LogP contribution in [0.2, 0.25) is 0 Å². The molecule has 0 unspecified atom stereocenters. The van der Waals surface area contributed by atoms with Gasteiger partial charge < -0.3 is 25.2 Å². The number of piperazine rings is 1. The number of anilines is 3. The molecule has 2 N–H and O–H groups in total. The molecule has 1 aliphatic heterocycles. The smallest absolute Gasteiger partial charge is 0.321 e. The summed E-state index contributed by atoms with van der Waals surface area (Å²) in [6.07, 6.45) is 0. The number of urea groups is 1. The highest BCUT2D eigenvalue weighted by Crippen LogP contribution is 2.22. The average Bonchev–Trinajstić information content (AvgIpc) is 2.85. The summed E-state index contributed by atoms with van der Waals surface area (Å²) in [5.74, 6) is 0.323. The van der Waals surface area contributed by atoms with Crippen LogP contribution in [0, 0.1) is 0 Å². The number of benzene rings is 3. The minimum absolute atomic E-state index is 0.0785. The molecule has 164 valence electrons. The zero-order valence-electron chi connectivity index (χ0n) is 18.0. The number of para-hydroxylation sites is 2. The van der Waals surface area contributed by atoms with Gasteiger partial charge in [0.05, 0.1) is 12.7 Å². The van der Waals surface area contributed by atoms with E-state index in [9.17, 15) is 9.59 Å².